The van der Waals surface area contributed by atoms with Gasteiger partial charge in [0.15, 0.2) is 0 Å². The highest BCUT2D eigenvalue weighted by molar-refractivity contribution is 9.10. The molecule has 3 rings (SSSR count). The molecule has 4 nitrogen and oxygen atoms in total. The first-order chi connectivity index (χ1) is 12.8. The van der Waals surface area contributed by atoms with E-state index in [-0.39, 0.29) is 0 Å². The molecular formula is C22H17BrO4. The van der Waals surface area contributed by atoms with E-state index in [0.717, 1.165) is 4.47 Å². The summed E-state index contributed by atoms with van der Waals surface area (Å²) in [6, 6.07) is 12.8. The van der Waals surface area contributed by atoms with Crippen LogP contribution < -0.4 is 9.47 Å². The van der Waals surface area contributed by atoms with E-state index >= 15 is 0 Å². The fourth-order valence-electron chi connectivity index (χ4n) is 2.65. The van der Waals surface area contributed by atoms with Crippen LogP contribution in [0.4, 0.5) is 0 Å². The van der Waals surface area contributed by atoms with Crippen LogP contribution >= 0.6 is 15.9 Å². The SMILES string of the molecule is C=C(C)C(=O)Oc1c2ccccc2c(OC(=O)C(=C)C)c2cc(Br)ccc12. The molecule has 136 valence electrons. The van der Waals surface area contributed by atoms with Gasteiger partial charge in [-0.3, -0.25) is 0 Å². The van der Waals surface area contributed by atoms with Crippen LogP contribution in [0.5, 0.6) is 11.5 Å². The lowest BCUT2D eigenvalue weighted by Gasteiger charge is -2.16. The number of benzene rings is 3. The molecule has 0 aliphatic carbocycles. The Morgan fingerprint density at radius 1 is 0.778 bits per heavy atom. The number of carbonyl (C=O) groups excluding carboxylic acids is 2. The highest BCUT2D eigenvalue weighted by Crippen LogP contribution is 2.44. The highest BCUT2D eigenvalue weighted by Gasteiger charge is 2.20. The maximum Gasteiger partial charge on any atom is 0.338 e. The Hall–Kier alpha value is -2.92. The Labute approximate surface area is 165 Å². The molecule has 5 heteroatoms. The van der Waals surface area contributed by atoms with Crippen LogP contribution in [0.1, 0.15) is 13.8 Å². The minimum atomic E-state index is -0.520. The van der Waals surface area contributed by atoms with Gasteiger partial charge in [0, 0.05) is 37.2 Å². The van der Waals surface area contributed by atoms with Crippen LogP contribution in [-0.4, -0.2) is 11.9 Å². The van der Waals surface area contributed by atoms with Gasteiger partial charge >= 0.3 is 11.9 Å². The van der Waals surface area contributed by atoms with Gasteiger partial charge in [0.1, 0.15) is 11.5 Å². The van der Waals surface area contributed by atoms with Gasteiger partial charge in [0.05, 0.1) is 0 Å². The number of carbonyl (C=O) groups is 2. The van der Waals surface area contributed by atoms with Crippen molar-refractivity contribution in [1.82, 2.24) is 0 Å². The standard InChI is InChI=1S/C22H17BrO4/c1-12(2)21(24)26-19-15-7-5-6-8-16(15)20(27-22(25)13(3)4)18-11-14(23)9-10-17(18)19/h5-11H,1,3H2,2,4H3. The second kappa shape index (κ2) is 7.37. The molecule has 0 radical (unpaired) electrons. The van der Waals surface area contributed by atoms with Crippen molar-refractivity contribution < 1.29 is 19.1 Å². The molecule has 0 saturated carbocycles. The third-order valence-corrected chi connectivity index (χ3v) is 4.47. The van der Waals surface area contributed by atoms with Crippen LogP contribution in [0, 0.1) is 0 Å². The van der Waals surface area contributed by atoms with Gasteiger partial charge in [0.2, 0.25) is 0 Å². The topological polar surface area (TPSA) is 52.6 Å². The van der Waals surface area contributed by atoms with E-state index in [1.807, 2.05) is 42.5 Å². The number of hydrogen-bond acceptors (Lipinski definition) is 4. The summed E-state index contributed by atoms with van der Waals surface area (Å²) in [7, 11) is 0. The van der Waals surface area contributed by atoms with E-state index in [1.165, 1.54) is 0 Å². The third-order valence-electron chi connectivity index (χ3n) is 3.97. The second-order valence-electron chi connectivity index (χ2n) is 6.23. The van der Waals surface area contributed by atoms with Crippen molar-refractivity contribution >= 4 is 49.4 Å². The first-order valence-corrected chi connectivity index (χ1v) is 8.98. The van der Waals surface area contributed by atoms with Crippen molar-refractivity contribution in [3.8, 4) is 11.5 Å². The summed E-state index contributed by atoms with van der Waals surface area (Å²) in [5, 5.41) is 2.60. The molecule has 0 atom stereocenters. The van der Waals surface area contributed by atoms with Crippen LogP contribution in [0.3, 0.4) is 0 Å². The molecule has 0 fully saturated rings. The highest BCUT2D eigenvalue weighted by atomic mass is 79.9. The molecule has 0 aliphatic rings. The quantitative estimate of drug-likeness (QED) is 0.232. The number of rotatable bonds is 4. The number of esters is 2. The summed E-state index contributed by atoms with van der Waals surface area (Å²) in [6.45, 7) is 10.5. The van der Waals surface area contributed by atoms with E-state index in [2.05, 4.69) is 29.1 Å². The minimum absolute atomic E-state index is 0.292. The van der Waals surface area contributed by atoms with Gasteiger partial charge in [-0.05, 0) is 32.0 Å². The number of ether oxygens (including phenoxy) is 2. The van der Waals surface area contributed by atoms with Crippen molar-refractivity contribution in [2.45, 2.75) is 13.8 Å². The smallest absolute Gasteiger partial charge is 0.338 e. The van der Waals surface area contributed by atoms with Gasteiger partial charge in [-0.25, -0.2) is 9.59 Å². The van der Waals surface area contributed by atoms with Crippen LogP contribution in [0.15, 0.2) is 71.2 Å². The fourth-order valence-corrected chi connectivity index (χ4v) is 3.01. The van der Waals surface area contributed by atoms with Crippen LogP contribution in [-0.2, 0) is 9.59 Å². The number of fused-ring (bicyclic) bond motifs is 2. The molecular weight excluding hydrogens is 408 g/mol. The Kier molecular flexibility index (Phi) is 5.15. The minimum Gasteiger partial charge on any atom is -0.422 e. The summed E-state index contributed by atoms with van der Waals surface area (Å²) in [6.07, 6.45) is 0. The molecule has 0 heterocycles. The molecule has 0 N–H and O–H groups in total. The van der Waals surface area contributed by atoms with E-state index in [4.69, 9.17) is 9.47 Å². The lowest BCUT2D eigenvalue weighted by atomic mass is 10.0. The van der Waals surface area contributed by atoms with Crippen molar-refractivity contribution in [2.75, 3.05) is 0 Å². The Balaban J connectivity index is 2.39. The third kappa shape index (κ3) is 3.64. The molecule has 0 aliphatic heterocycles. The average molecular weight is 425 g/mol. The molecule has 27 heavy (non-hydrogen) atoms. The second-order valence-corrected chi connectivity index (χ2v) is 7.15. The van der Waals surface area contributed by atoms with Gasteiger partial charge in [0.25, 0.3) is 0 Å². The fraction of sp³-hybridized carbons (Fsp3) is 0.0909. The molecule has 3 aromatic carbocycles. The molecule has 0 bridgehead atoms. The Bertz CT molecular complexity index is 1130. The van der Waals surface area contributed by atoms with Gasteiger partial charge in [-0.15, -0.1) is 0 Å². The van der Waals surface area contributed by atoms with E-state index in [1.54, 1.807) is 13.8 Å². The Morgan fingerprint density at radius 3 is 1.70 bits per heavy atom. The molecule has 0 spiro atoms. The first-order valence-electron chi connectivity index (χ1n) is 8.19. The summed E-state index contributed by atoms with van der Waals surface area (Å²) >= 11 is 3.44. The van der Waals surface area contributed by atoms with Gasteiger partial charge < -0.3 is 9.47 Å². The molecule has 0 aromatic heterocycles. The first kappa shape index (κ1) is 18.9. The Morgan fingerprint density at radius 2 is 1.22 bits per heavy atom. The summed E-state index contributed by atoms with van der Waals surface area (Å²) in [4.78, 5) is 24.4. The monoisotopic (exact) mass is 424 g/mol. The maximum atomic E-state index is 12.2. The van der Waals surface area contributed by atoms with Gasteiger partial charge in [-0.2, -0.15) is 0 Å². The summed E-state index contributed by atoms with van der Waals surface area (Å²) in [5.74, 6) is -0.245. The summed E-state index contributed by atoms with van der Waals surface area (Å²) in [5.41, 5.74) is 0.585. The lowest BCUT2D eigenvalue weighted by Crippen LogP contribution is -2.11. The molecule has 0 amide bonds. The lowest BCUT2D eigenvalue weighted by molar-refractivity contribution is -0.130. The van der Waals surface area contributed by atoms with Crippen molar-refractivity contribution in [1.29, 1.82) is 0 Å². The number of halogens is 1. The average Bonchev–Trinajstić information content (AvgIpc) is 2.63. The molecule has 3 aromatic rings. The van der Waals surface area contributed by atoms with Crippen LogP contribution in [0.2, 0.25) is 0 Å². The molecule has 0 unspecified atom stereocenters. The maximum absolute atomic E-state index is 12.2. The van der Waals surface area contributed by atoms with E-state index in [9.17, 15) is 9.59 Å². The number of hydrogen-bond donors (Lipinski definition) is 0. The largest absolute Gasteiger partial charge is 0.422 e. The van der Waals surface area contributed by atoms with Crippen molar-refractivity contribution in [2.24, 2.45) is 0 Å². The zero-order chi connectivity index (χ0) is 19.7. The zero-order valence-corrected chi connectivity index (χ0v) is 16.6. The molecule has 0 saturated heterocycles. The van der Waals surface area contributed by atoms with Crippen molar-refractivity contribution in [3.05, 3.63) is 71.2 Å². The summed E-state index contributed by atoms with van der Waals surface area (Å²) < 4.78 is 12.1. The van der Waals surface area contributed by atoms with E-state index in [0.29, 0.717) is 44.2 Å². The zero-order valence-electron chi connectivity index (χ0n) is 15.0. The van der Waals surface area contributed by atoms with Gasteiger partial charge in [-0.1, -0.05) is 53.4 Å². The normalized spacial score (nSPS) is 10.6. The van der Waals surface area contributed by atoms with Crippen molar-refractivity contribution in [3.63, 3.8) is 0 Å². The predicted octanol–water partition coefficient (Wildman–Crippen LogP) is 5.72. The van der Waals surface area contributed by atoms with Crippen LogP contribution in [0.25, 0.3) is 21.5 Å². The predicted molar refractivity (Wildman–Crippen MR) is 110 cm³/mol. The van der Waals surface area contributed by atoms with E-state index < -0.39 is 11.9 Å².